The van der Waals surface area contributed by atoms with E-state index in [1.54, 1.807) is 0 Å². The van der Waals surface area contributed by atoms with E-state index in [-0.39, 0.29) is 5.41 Å². The van der Waals surface area contributed by atoms with E-state index in [4.69, 9.17) is 0 Å². The second-order valence-electron chi connectivity index (χ2n) is 5.51. The monoisotopic (exact) mass is 229 g/mol. The van der Waals surface area contributed by atoms with Crippen LogP contribution in [0.15, 0.2) is 24.3 Å². The average molecular weight is 229 g/mol. The summed E-state index contributed by atoms with van der Waals surface area (Å²) in [6, 6.07) is 8.83. The van der Waals surface area contributed by atoms with E-state index in [1.165, 1.54) is 11.1 Å². The topological polar surface area (TPSA) is 12.0 Å². The highest BCUT2D eigenvalue weighted by molar-refractivity contribution is 5.28. The molecule has 1 aromatic carbocycles. The maximum Gasteiger partial charge on any atom is 0.0581 e. The highest BCUT2D eigenvalue weighted by Gasteiger charge is 2.06. The Kier molecular flexibility index (Phi) is 4.78. The predicted molar refractivity (Wildman–Crippen MR) is 74.8 cm³/mol. The van der Waals surface area contributed by atoms with Crippen LogP contribution in [0.4, 0.5) is 0 Å². The molecule has 1 aromatic rings. The molecule has 1 N–H and O–H groups in total. The third-order valence-electron chi connectivity index (χ3n) is 2.61. The van der Waals surface area contributed by atoms with Gasteiger partial charge in [0.25, 0.3) is 0 Å². The second kappa shape index (κ2) is 5.89. The van der Waals surface area contributed by atoms with Crippen molar-refractivity contribution in [1.29, 1.82) is 0 Å². The smallest absolute Gasteiger partial charge is 0.0581 e. The summed E-state index contributed by atoms with van der Waals surface area (Å²) >= 11 is 0. The van der Waals surface area contributed by atoms with E-state index in [2.05, 4.69) is 76.0 Å². The lowest BCUT2D eigenvalue weighted by Gasteiger charge is -2.15. The summed E-state index contributed by atoms with van der Waals surface area (Å²) in [5, 5.41) is 3.44. The van der Waals surface area contributed by atoms with Gasteiger partial charge in [0.1, 0.15) is 0 Å². The van der Waals surface area contributed by atoms with Crippen molar-refractivity contribution >= 4 is 0 Å². The summed E-state index contributed by atoms with van der Waals surface area (Å²) in [7, 11) is 0. The normalized spacial score (nSPS) is 12.8. The molecule has 0 aliphatic heterocycles. The minimum absolute atomic E-state index is 0.0909. The maximum absolute atomic E-state index is 3.44. The van der Waals surface area contributed by atoms with E-state index in [1.807, 2.05) is 0 Å². The molecule has 0 saturated heterocycles. The molecule has 0 radical (unpaired) electrons. The average Bonchev–Trinajstić information content (AvgIpc) is 2.23. The quantitative estimate of drug-likeness (QED) is 0.779. The Morgan fingerprint density at radius 1 is 1.24 bits per heavy atom. The van der Waals surface area contributed by atoms with Gasteiger partial charge in [0.15, 0.2) is 0 Å². The zero-order valence-corrected chi connectivity index (χ0v) is 11.6. The standard InChI is InChI=1S/C16H23N/c1-13-9-6-7-10-15(13)14(2)17-12-8-11-16(3,4)5/h6-7,9-10,14,17H,12H2,1-5H3/t14-/m1/s1. The van der Waals surface area contributed by atoms with E-state index >= 15 is 0 Å². The first-order chi connectivity index (χ1) is 7.90. The van der Waals surface area contributed by atoms with Crippen molar-refractivity contribution in [3.63, 3.8) is 0 Å². The van der Waals surface area contributed by atoms with Gasteiger partial charge in [0.05, 0.1) is 6.54 Å². The van der Waals surface area contributed by atoms with Gasteiger partial charge in [-0.15, -0.1) is 0 Å². The molecule has 0 heterocycles. The van der Waals surface area contributed by atoms with Crippen molar-refractivity contribution in [2.45, 2.75) is 40.7 Å². The first kappa shape index (κ1) is 13.8. The van der Waals surface area contributed by atoms with Crippen molar-refractivity contribution < 1.29 is 0 Å². The SMILES string of the molecule is Cc1ccccc1[C@@H](C)NCC#CC(C)(C)C. The molecule has 1 rings (SSSR count). The lowest BCUT2D eigenvalue weighted by atomic mass is 9.98. The Hall–Kier alpha value is -1.26. The fourth-order valence-electron chi connectivity index (χ4n) is 1.70. The molecule has 1 atom stereocenters. The molecule has 0 spiro atoms. The largest absolute Gasteiger partial charge is 0.300 e. The molecule has 0 unspecified atom stereocenters. The molecule has 0 bridgehead atoms. The van der Waals surface area contributed by atoms with Crippen molar-refractivity contribution in [1.82, 2.24) is 5.32 Å². The minimum Gasteiger partial charge on any atom is -0.300 e. The molecule has 17 heavy (non-hydrogen) atoms. The maximum atomic E-state index is 3.44. The summed E-state index contributed by atoms with van der Waals surface area (Å²) in [6.45, 7) is 11.5. The lowest BCUT2D eigenvalue weighted by molar-refractivity contribution is 0.568. The van der Waals surface area contributed by atoms with Gasteiger partial charge in [-0.25, -0.2) is 0 Å². The van der Waals surface area contributed by atoms with Gasteiger partial charge in [0, 0.05) is 11.5 Å². The van der Waals surface area contributed by atoms with Crippen LogP contribution in [-0.4, -0.2) is 6.54 Å². The molecular weight excluding hydrogens is 206 g/mol. The summed E-state index contributed by atoms with van der Waals surface area (Å²) in [4.78, 5) is 0. The van der Waals surface area contributed by atoms with Gasteiger partial charge in [-0.05, 0) is 45.7 Å². The van der Waals surface area contributed by atoms with Crippen molar-refractivity contribution in [3.8, 4) is 11.8 Å². The van der Waals surface area contributed by atoms with E-state index in [0.29, 0.717) is 6.04 Å². The summed E-state index contributed by atoms with van der Waals surface area (Å²) in [5.74, 6) is 6.42. The first-order valence-corrected chi connectivity index (χ1v) is 6.19. The lowest BCUT2D eigenvalue weighted by Crippen LogP contribution is -2.19. The van der Waals surface area contributed by atoms with E-state index in [0.717, 1.165) is 6.54 Å². The fraction of sp³-hybridized carbons (Fsp3) is 0.500. The van der Waals surface area contributed by atoms with Gasteiger partial charge in [0.2, 0.25) is 0 Å². The number of nitrogens with one attached hydrogen (secondary N) is 1. The number of hydrogen-bond acceptors (Lipinski definition) is 1. The van der Waals surface area contributed by atoms with Crippen LogP contribution < -0.4 is 5.32 Å². The number of rotatable bonds is 3. The zero-order valence-electron chi connectivity index (χ0n) is 11.6. The van der Waals surface area contributed by atoms with E-state index in [9.17, 15) is 0 Å². The molecule has 92 valence electrons. The summed E-state index contributed by atoms with van der Waals surface area (Å²) in [6.07, 6.45) is 0. The van der Waals surface area contributed by atoms with Crippen LogP contribution in [0.2, 0.25) is 0 Å². The molecule has 1 nitrogen and oxygen atoms in total. The van der Waals surface area contributed by atoms with Crippen LogP contribution in [-0.2, 0) is 0 Å². The Morgan fingerprint density at radius 3 is 2.47 bits per heavy atom. The van der Waals surface area contributed by atoms with Crippen LogP contribution in [0.3, 0.4) is 0 Å². The number of hydrogen-bond donors (Lipinski definition) is 1. The Balaban J connectivity index is 2.53. The number of aryl methyl sites for hydroxylation is 1. The molecule has 0 saturated carbocycles. The highest BCUT2D eigenvalue weighted by Crippen LogP contribution is 2.16. The Morgan fingerprint density at radius 2 is 1.88 bits per heavy atom. The highest BCUT2D eigenvalue weighted by atomic mass is 14.9. The van der Waals surface area contributed by atoms with Gasteiger partial charge in [-0.1, -0.05) is 36.1 Å². The molecule has 0 aromatic heterocycles. The van der Waals surface area contributed by atoms with E-state index < -0.39 is 0 Å². The molecule has 0 aliphatic rings. The molecular formula is C16H23N. The molecule has 0 fully saturated rings. The Bertz CT molecular complexity index is 415. The van der Waals surface area contributed by atoms with Crippen molar-refractivity contribution in [3.05, 3.63) is 35.4 Å². The molecule has 1 heteroatoms. The fourth-order valence-corrected chi connectivity index (χ4v) is 1.70. The Labute approximate surface area is 106 Å². The summed E-state index contributed by atoms with van der Waals surface area (Å²) < 4.78 is 0. The first-order valence-electron chi connectivity index (χ1n) is 6.19. The molecule has 0 aliphatic carbocycles. The van der Waals surface area contributed by atoms with Crippen LogP contribution in [0.1, 0.15) is 44.9 Å². The van der Waals surface area contributed by atoms with Crippen LogP contribution >= 0.6 is 0 Å². The molecule has 0 amide bonds. The minimum atomic E-state index is 0.0909. The van der Waals surface area contributed by atoms with Crippen molar-refractivity contribution in [2.24, 2.45) is 5.41 Å². The van der Waals surface area contributed by atoms with Crippen LogP contribution in [0.5, 0.6) is 0 Å². The second-order valence-corrected chi connectivity index (χ2v) is 5.51. The van der Waals surface area contributed by atoms with Crippen LogP contribution in [0, 0.1) is 24.2 Å². The van der Waals surface area contributed by atoms with Crippen molar-refractivity contribution in [2.75, 3.05) is 6.54 Å². The van der Waals surface area contributed by atoms with Crippen LogP contribution in [0.25, 0.3) is 0 Å². The third kappa shape index (κ3) is 5.06. The third-order valence-corrected chi connectivity index (χ3v) is 2.61. The van der Waals surface area contributed by atoms with Gasteiger partial charge in [-0.2, -0.15) is 0 Å². The van der Waals surface area contributed by atoms with Gasteiger partial charge in [-0.3, -0.25) is 5.32 Å². The van der Waals surface area contributed by atoms with Gasteiger partial charge < -0.3 is 0 Å². The zero-order chi connectivity index (χ0) is 12.9. The summed E-state index contributed by atoms with van der Waals surface area (Å²) in [5.41, 5.74) is 2.77. The van der Waals surface area contributed by atoms with Gasteiger partial charge >= 0.3 is 0 Å². The predicted octanol–water partition coefficient (Wildman–Crippen LogP) is 3.70. The number of benzene rings is 1.